The number of ketones is 1. The largest absolute Gasteiger partial charge is 0.456 e. The first-order valence-corrected chi connectivity index (χ1v) is 8.19. The minimum absolute atomic E-state index is 0.0976. The molecule has 0 spiro atoms. The van der Waals surface area contributed by atoms with Crippen LogP contribution in [-0.2, 0) is 20.9 Å². The van der Waals surface area contributed by atoms with Crippen LogP contribution in [0.4, 0.5) is 4.79 Å². The number of amides is 1. The van der Waals surface area contributed by atoms with Gasteiger partial charge in [0.15, 0.2) is 12.4 Å². The summed E-state index contributed by atoms with van der Waals surface area (Å²) in [4.78, 5) is 35.6. The zero-order valence-corrected chi connectivity index (χ0v) is 14.7. The number of esters is 1. The third kappa shape index (κ3) is 6.05. The van der Waals surface area contributed by atoms with Crippen LogP contribution in [0.3, 0.4) is 0 Å². The van der Waals surface area contributed by atoms with Crippen LogP contribution in [0.5, 0.6) is 0 Å². The van der Waals surface area contributed by atoms with E-state index in [2.05, 4.69) is 5.32 Å². The topological polar surface area (TPSA) is 81.7 Å². The molecule has 0 saturated heterocycles. The summed E-state index contributed by atoms with van der Waals surface area (Å²) in [7, 11) is 0. The fourth-order valence-electron chi connectivity index (χ4n) is 2.08. The monoisotopic (exact) mass is 355 g/mol. The molecular weight excluding hydrogens is 334 g/mol. The van der Waals surface area contributed by atoms with Crippen LogP contribution in [0.1, 0.15) is 28.4 Å². The van der Waals surface area contributed by atoms with E-state index in [1.165, 1.54) is 6.92 Å². The van der Waals surface area contributed by atoms with Gasteiger partial charge >= 0.3 is 12.1 Å². The van der Waals surface area contributed by atoms with Crippen molar-refractivity contribution in [3.8, 4) is 0 Å². The molecule has 0 radical (unpaired) electrons. The molecule has 0 heterocycles. The predicted octanol–water partition coefficient (Wildman–Crippen LogP) is 3.04. The Morgan fingerprint density at radius 1 is 0.962 bits per heavy atom. The molecule has 1 amide bonds. The molecule has 0 fully saturated rings. The number of hydrogen-bond acceptors (Lipinski definition) is 5. The highest BCUT2D eigenvalue weighted by Gasteiger charge is 2.19. The number of carbonyl (C=O) groups is 3. The molecule has 2 aromatic carbocycles. The van der Waals surface area contributed by atoms with Gasteiger partial charge in [0.05, 0.1) is 0 Å². The molecule has 0 aliphatic heterocycles. The summed E-state index contributed by atoms with van der Waals surface area (Å²) in [5, 5.41) is 2.37. The Morgan fingerprint density at radius 2 is 1.62 bits per heavy atom. The molecule has 1 N–H and O–H groups in total. The van der Waals surface area contributed by atoms with Crippen LogP contribution < -0.4 is 5.32 Å². The first-order chi connectivity index (χ1) is 12.5. The fraction of sp³-hybridized carbons (Fsp3) is 0.250. The van der Waals surface area contributed by atoms with Gasteiger partial charge in [0.25, 0.3) is 0 Å². The predicted molar refractivity (Wildman–Crippen MR) is 95.7 cm³/mol. The summed E-state index contributed by atoms with van der Waals surface area (Å²) in [6, 6.07) is 15.2. The van der Waals surface area contributed by atoms with Crippen molar-refractivity contribution in [3.05, 3.63) is 71.3 Å². The zero-order valence-electron chi connectivity index (χ0n) is 14.7. The van der Waals surface area contributed by atoms with Crippen LogP contribution in [0.2, 0.25) is 0 Å². The van der Waals surface area contributed by atoms with Crippen molar-refractivity contribution in [1.82, 2.24) is 5.32 Å². The summed E-state index contributed by atoms with van der Waals surface area (Å²) >= 11 is 0. The van der Waals surface area contributed by atoms with Gasteiger partial charge in [-0.05, 0) is 19.4 Å². The van der Waals surface area contributed by atoms with Crippen molar-refractivity contribution in [2.24, 2.45) is 0 Å². The van der Waals surface area contributed by atoms with Gasteiger partial charge in [-0.15, -0.1) is 0 Å². The van der Waals surface area contributed by atoms with Crippen molar-refractivity contribution in [3.63, 3.8) is 0 Å². The molecule has 0 saturated carbocycles. The average molecular weight is 355 g/mol. The smallest absolute Gasteiger partial charge is 0.408 e. The molecule has 0 bridgehead atoms. The fourth-order valence-corrected chi connectivity index (χ4v) is 2.08. The SMILES string of the molecule is Cc1ccc(C(=O)COC(=O)C(C)NC(=O)OCc2ccccc2)cc1. The van der Waals surface area contributed by atoms with E-state index in [9.17, 15) is 14.4 Å². The number of ether oxygens (including phenoxy) is 2. The number of benzene rings is 2. The molecule has 2 aromatic rings. The number of rotatable bonds is 7. The summed E-state index contributed by atoms with van der Waals surface area (Å²) in [6.07, 6.45) is -0.733. The molecule has 1 unspecified atom stereocenters. The van der Waals surface area contributed by atoms with E-state index in [1.807, 2.05) is 49.4 Å². The summed E-state index contributed by atoms with van der Waals surface area (Å²) in [5.74, 6) is -1.01. The van der Waals surface area contributed by atoms with Gasteiger partial charge in [-0.1, -0.05) is 60.2 Å². The molecular formula is C20H21NO5. The van der Waals surface area contributed by atoms with Crippen molar-refractivity contribution in [1.29, 1.82) is 0 Å². The lowest BCUT2D eigenvalue weighted by Gasteiger charge is -2.13. The Balaban J connectivity index is 1.73. The molecule has 0 aromatic heterocycles. The summed E-state index contributed by atoms with van der Waals surface area (Å²) < 4.78 is 9.99. The van der Waals surface area contributed by atoms with Crippen molar-refractivity contribution in [2.75, 3.05) is 6.61 Å². The van der Waals surface area contributed by atoms with Gasteiger partial charge in [-0.2, -0.15) is 0 Å². The van der Waals surface area contributed by atoms with Crippen LogP contribution >= 0.6 is 0 Å². The average Bonchev–Trinajstić information content (AvgIpc) is 2.65. The molecule has 136 valence electrons. The molecule has 2 rings (SSSR count). The lowest BCUT2D eigenvalue weighted by atomic mass is 10.1. The molecule has 6 nitrogen and oxygen atoms in total. The van der Waals surface area contributed by atoms with E-state index < -0.39 is 18.1 Å². The van der Waals surface area contributed by atoms with Crippen molar-refractivity contribution < 1.29 is 23.9 Å². The Morgan fingerprint density at radius 3 is 2.27 bits per heavy atom. The van der Waals surface area contributed by atoms with Gasteiger partial charge in [0.2, 0.25) is 0 Å². The number of hydrogen-bond donors (Lipinski definition) is 1. The molecule has 0 aliphatic rings. The van der Waals surface area contributed by atoms with E-state index in [0.29, 0.717) is 5.56 Å². The normalized spacial score (nSPS) is 11.3. The van der Waals surface area contributed by atoms with E-state index >= 15 is 0 Å². The Hall–Kier alpha value is -3.15. The number of alkyl carbamates (subject to hydrolysis) is 1. The second kappa shape index (κ2) is 9.36. The highest BCUT2D eigenvalue weighted by molar-refractivity contribution is 5.98. The van der Waals surface area contributed by atoms with Gasteiger partial charge in [-0.25, -0.2) is 9.59 Å². The third-order valence-corrected chi connectivity index (χ3v) is 3.62. The van der Waals surface area contributed by atoms with Crippen molar-refractivity contribution >= 4 is 17.8 Å². The number of aryl methyl sites for hydroxylation is 1. The van der Waals surface area contributed by atoms with Crippen molar-refractivity contribution in [2.45, 2.75) is 26.5 Å². The highest BCUT2D eigenvalue weighted by Crippen LogP contribution is 2.05. The highest BCUT2D eigenvalue weighted by atomic mass is 16.6. The van der Waals surface area contributed by atoms with Gasteiger partial charge in [-0.3, -0.25) is 4.79 Å². The van der Waals surface area contributed by atoms with Crippen LogP contribution in [-0.4, -0.2) is 30.5 Å². The van der Waals surface area contributed by atoms with Gasteiger partial charge < -0.3 is 14.8 Å². The Kier molecular flexibility index (Phi) is 6.91. The van der Waals surface area contributed by atoms with Gasteiger partial charge in [0, 0.05) is 5.56 Å². The maximum absolute atomic E-state index is 12.0. The Labute approximate surface area is 152 Å². The van der Waals surface area contributed by atoms with E-state index in [4.69, 9.17) is 9.47 Å². The van der Waals surface area contributed by atoms with Crippen LogP contribution in [0.15, 0.2) is 54.6 Å². The molecule has 26 heavy (non-hydrogen) atoms. The lowest BCUT2D eigenvalue weighted by Crippen LogP contribution is -2.40. The lowest BCUT2D eigenvalue weighted by molar-refractivity contribution is -0.144. The first kappa shape index (κ1) is 19.2. The van der Waals surface area contributed by atoms with E-state index in [-0.39, 0.29) is 19.0 Å². The zero-order chi connectivity index (χ0) is 18.9. The molecule has 1 atom stereocenters. The van der Waals surface area contributed by atoms with Gasteiger partial charge in [0.1, 0.15) is 12.6 Å². The Bertz CT molecular complexity index is 756. The minimum atomic E-state index is -0.927. The molecule has 0 aliphatic carbocycles. The van der Waals surface area contributed by atoms with Crippen LogP contribution in [0, 0.1) is 6.92 Å². The number of nitrogens with one attached hydrogen (secondary N) is 1. The summed E-state index contributed by atoms with van der Waals surface area (Å²) in [5.41, 5.74) is 2.33. The second-order valence-electron chi connectivity index (χ2n) is 5.82. The standard InChI is InChI=1S/C20H21NO5/c1-14-8-10-17(11-9-14)18(22)13-25-19(23)15(2)21-20(24)26-12-16-6-4-3-5-7-16/h3-11,15H,12-13H2,1-2H3,(H,21,24). The maximum atomic E-state index is 12.0. The van der Waals surface area contributed by atoms with E-state index in [1.54, 1.807) is 12.1 Å². The molecule has 6 heteroatoms. The quantitative estimate of drug-likeness (QED) is 0.610. The summed E-state index contributed by atoms with van der Waals surface area (Å²) in [6.45, 7) is 3.09. The first-order valence-electron chi connectivity index (χ1n) is 8.19. The number of carbonyl (C=O) groups excluding carboxylic acids is 3. The van der Waals surface area contributed by atoms with Crippen LogP contribution in [0.25, 0.3) is 0 Å². The minimum Gasteiger partial charge on any atom is -0.456 e. The van der Waals surface area contributed by atoms with E-state index in [0.717, 1.165) is 11.1 Å². The second-order valence-corrected chi connectivity index (χ2v) is 5.82. The third-order valence-electron chi connectivity index (χ3n) is 3.62. The maximum Gasteiger partial charge on any atom is 0.408 e. The number of Topliss-reactive ketones (excluding diaryl/α,β-unsaturated/α-hetero) is 1.